The molecule has 27 nitrogen and oxygen atoms in total. The number of non-ortho nitro benzene ring substituents is 1. The molecule has 5 rings (SSSR count). The Kier molecular flexibility index (Phi) is 11.3. The highest BCUT2D eigenvalue weighted by Gasteiger charge is 2.34. The molecule has 0 radical (unpaired) electrons. The van der Waals surface area contributed by atoms with Crippen LogP contribution in [0.5, 0.6) is 17.2 Å². The van der Waals surface area contributed by atoms with Crippen LogP contribution in [0.4, 0.5) is 38.9 Å². The zero-order valence-electron chi connectivity index (χ0n) is 27.0. The molecule has 0 bridgehead atoms. The summed E-state index contributed by atoms with van der Waals surface area (Å²) >= 11 is -0.280. The molecule has 0 spiro atoms. The first-order valence-corrected chi connectivity index (χ1v) is 19.3. The standard InChI is InChI=1S/C26H17N9O18S4/c36-22-18-9(5-16(56(47,48)49)19(22)32-30-12-4-2-11(35(41)42)8-14(12)53-54-43)6-17(57(50,51)52)20(23(18)37)33-31-13-3-1-10(7-15(13)55(44,45)46)29-34-21-24(38)27-26(40)28-25(21)39/h1-8,21,36-37,43H,(H,44,45,46)(H,47,48,49)(H,50,51,52)(H2,27,28,38,39,40). The largest absolute Gasteiger partial charge is 0.505 e. The topological polar surface area (TPSA) is 426 Å². The Hall–Kier alpha value is -6.61. The van der Waals surface area contributed by atoms with Gasteiger partial charge >= 0.3 is 6.03 Å². The van der Waals surface area contributed by atoms with Crippen molar-refractivity contribution < 1.29 is 77.2 Å². The summed E-state index contributed by atoms with van der Waals surface area (Å²) in [7, 11) is -16.2. The quantitative estimate of drug-likeness (QED) is 0.0248. The lowest BCUT2D eigenvalue weighted by Crippen LogP contribution is -2.57. The molecular formula is C26H17N9O18S4. The van der Waals surface area contributed by atoms with Gasteiger partial charge in [-0.2, -0.15) is 35.5 Å². The molecule has 4 amide bonds. The number of rotatable bonds is 12. The number of benzene rings is 4. The highest BCUT2D eigenvalue weighted by Crippen LogP contribution is 2.50. The minimum absolute atomic E-state index is 0.280. The first-order chi connectivity index (χ1) is 26.5. The maximum atomic E-state index is 12.4. The molecule has 0 unspecified atom stereocenters. The van der Waals surface area contributed by atoms with Gasteiger partial charge in [-0.1, -0.05) is 0 Å². The van der Waals surface area contributed by atoms with Crippen LogP contribution in [0.25, 0.3) is 10.8 Å². The average molecular weight is 872 g/mol. The SMILES string of the molecule is O=C1NC(=O)C(N=Nc2ccc(N=Nc3c(S(=O)(=O)O)cc4cc(S(=O)(=O)O)c(N=Nc5ccc([N+](=O)[O-])cc5OSO)c(O)c4c3O)c(S(=O)(=O)O)c2)C(=O)N1. The van der Waals surface area contributed by atoms with Crippen LogP contribution in [0.2, 0.25) is 0 Å². The fourth-order valence-corrected chi connectivity index (χ4v) is 6.83. The van der Waals surface area contributed by atoms with Gasteiger partial charge in [-0.3, -0.25) is 48.5 Å². The number of fused-ring (bicyclic) bond motifs is 1. The van der Waals surface area contributed by atoms with Crippen LogP contribution in [0, 0.1) is 10.1 Å². The van der Waals surface area contributed by atoms with E-state index >= 15 is 0 Å². The maximum absolute atomic E-state index is 12.4. The number of aromatic hydroxyl groups is 2. The number of azo groups is 3. The van der Waals surface area contributed by atoms with E-state index in [0.717, 1.165) is 30.3 Å². The molecule has 57 heavy (non-hydrogen) atoms. The molecule has 8 N–H and O–H groups in total. The molecular weight excluding hydrogens is 855 g/mol. The third-order valence-corrected chi connectivity index (χ3v) is 9.95. The van der Waals surface area contributed by atoms with Gasteiger partial charge in [-0.25, -0.2) is 4.79 Å². The van der Waals surface area contributed by atoms with Crippen LogP contribution >= 0.6 is 12.3 Å². The Balaban J connectivity index is 1.67. The zero-order chi connectivity index (χ0) is 42.2. The predicted molar refractivity (Wildman–Crippen MR) is 185 cm³/mol. The summed E-state index contributed by atoms with van der Waals surface area (Å²) in [6.45, 7) is 0. The number of nitrogens with zero attached hydrogens (tertiary/aromatic N) is 7. The van der Waals surface area contributed by atoms with Gasteiger partial charge in [0, 0.05) is 6.07 Å². The number of nitro groups is 1. The lowest BCUT2D eigenvalue weighted by atomic mass is 10.1. The maximum Gasteiger partial charge on any atom is 0.328 e. The summed E-state index contributed by atoms with van der Waals surface area (Å²) in [6.07, 6.45) is 0. The van der Waals surface area contributed by atoms with Crippen molar-refractivity contribution in [3.63, 3.8) is 0 Å². The predicted octanol–water partition coefficient (Wildman–Crippen LogP) is 4.05. The molecule has 0 aromatic heterocycles. The molecule has 0 saturated carbocycles. The second kappa shape index (κ2) is 15.5. The summed E-state index contributed by atoms with van der Waals surface area (Å²) in [5.74, 6) is -5.65. The first-order valence-electron chi connectivity index (χ1n) is 14.3. The second-order valence-corrected chi connectivity index (χ2v) is 15.2. The number of carbonyl (C=O) groups excluding carboxylic acids is 3. The van der Waals surface area contributed by atoms with Gasteiger partial charge in [-0.15, -0.1) is 20.5 Å². The number of nitrogens with one attached hydrogen (secondary N) is 2. The smallest absolute Gasteiger partial charge is 0.328 e. The van der Waals surface area contributed by atoms with Crippen LogP contribution in [-0.2, 0) is 39.9 Å². The molecule has 0 atom stereocenters. The lowest BCUT2D eigenvalue weighted by Gasteiger charge is -2.16. The number of amides is 4. The minimum Gasteiger partial charge on any atom is -0.505 e. The number of nitro benzene ring substituents is 1. The van der Waals surface area contributed by atoms with E-state index in [-0.39, 0.29) is 12.3 Å². The van der Waals surface area contributed by atoms with Crippen molar-refractivity contribution in [2.24, 2.45) is 30.7 Å². The summed E-state index contributed by atoms with van der Waals surface area (Å²) in [4.78, 5) is 41.6. The molecule has 4 aromatic rings. The van der Waals surface area contributed by atoms with Crippen LogP contribution < -0.4 is 14.8 Å². The van der Waals surface area contributed by atoms with E-state index in [1.54, 1.807) is 10.6 Å². The van der Waals surface area contributed by atoms with E-state index in [2.05, 4.69) is 30.7 Å². The Labute approximate surface area is 319 Å². The summed E-state index contributed by atoms with van der Waals surface area (Å²) in [5.41, 5.74) is -4.67. The molecule has 1 aliphatic rings. The monoisotopic (exact) mass is 871 g/mol. The van der Waals surface area contributed by atoms with Crippen molar-refractivity contribution in [1.82, 2.24) is 10.6 Å². The van der Waals surface area contributed by atoms with Crippen molar-refractivity contribution in [3.05, 3.63) is 58.6 Å². The molecule has 1 fully saturated rings. The van der Waals surface area contributed by atoms with Gasteiger partial charge in [-0.05, 0) is 41.8 Å². The van der Waals surface area contributed by atoms with Crippen LogP contribution in [0.15, 0.2) is 93.9 Å². The van der Waals surface area contributed by atoms with Gasteiger partial charge in [0.1, 0.15) is 37.4 Å². The van der Waals surface area contributed by atoms with Gasteiger partial charge < -0.3 is 14.4 Å². The molecule has 31 heteroatoms. The van der Waals surface area contributed by atoms with E-state index in [1.807, 2.05) is 0 Å². The third-order valence-electron chi connectivity index (χ3n) is 7.08. The first kappa shape index (κ1) is 41.6. The fraction of sp³-hybridized carbons (Fsp3) is 0.0385. The highest BCUT2D eigenvalue weighted by atomic mass is 32.2. The summed E-state index contributed by atoms with van der Waals surface area (Å²) in [6, 6.07) is 2.74. The lowest BCUT2D eigenvalue weighted by molar-refractivity contribution is -0.384. The average Bonchev–Trinajstić information content (AvgIpc) is 3.09. The van der Waals surface area contributed by atoms with Crippen molar-refractivity contribution in [2.75, 3.05) is 0 Å². The molecule has 1 heterocycles. The fourth-order valence-electron chi connectivity index (χ4n) is 4.66. The number of urea groups is 1. The van der Waals surface area contributed by atoms with Gasteiger partial charge in [0.15, 0.2) is 17.2 Å². The number of phenols is 2. The van der Waals surface area contributed by atoms with E-state index in [9.17, 15) is 73.6 Å². The molecule has 1 aliphatic heterocycles. The number of imide groups is 2. The Morgan fingerprint density at radius 2 is 1.21 bits per heavy atom. The van der Waals surface area contributed by atoms with E-state index in [0.29, 0.717) is 18.2 Å². The van der Waals surface area contributed by atoms with Crippen LogP contribution in [-0.4, -0.2) is 82.5 Å². The van der Waals surface area contributed by atoms with Crippen LogP contribution in [0.3, 0.4) is 0 Å². The number of phenolic OH excluding ortho intramolecular Hbond substituents is 2. The second-order valence-electron chi connectivity index (χ2n) is 10.7. The van der Waals surface area contributed by atoms with Crippen LogP contribution in [0.1, 0.15) is 0 Å². The minimum atomic E-state index is -5.48. The Morgan fingerprint density at radius 3 is 1.70 bits per heavy atom. The molecule has 0 aliphatic carbocycles. The van der Waals surface area contributed by atoms with Gasteiger partial charge in [0.2, 0.25) is 18.4 Å². The van der Waals surface area contributed by atoms with Gasteiger partial charge in [0.05, 0.1) is 22.1 Å². The van der Waals surface area contributed by atoms with E-state index < -0.39 is 136 Å². The van der Waals surface area contributed by atoms with Crippen molar-refractivity contribution in [1.29, 1.82) is 0 Å². The Bertz CT molecular complexity index is 2850. The number of hydrogen-bond donors (Lipinski definition) is 8. The van der Waals surface area contributed by atoms with Crippen molar-refractivity contribution >= 4 is 105 Å². The number of hydrogen-bond acceptors (Lipinski definition) is 22. The molecule has 4 aromatic carbocycles. The number of carbonyl (C=O) groups is 3. The number of barbiturate groups is 1. The Morgan fingerprint density at radius 1 is 0.702 bits per heavy atom. The normalized spacial score (nSPS) is 14.5. The van der Waals surface area contributed by atoms with E-state index in [1.165, 1.54) is 0 Å². The van der Waals surface area contributed by atoms with Gasteiger partial charge in [0.25, 0.3) is 47.9 Å². The molecule has 298 valence electrons. The van der Waals surface area contributed by atoms with Crippen molar-refractivity contribution in [2.45, 2.75) is 20.7 Å². The highest BCUT2D eigenvalue weighted by molar-refractivity contribution is 7.89. The summed E-state index contributed by atoms with van der Waals surface area (Å²) in [5, 5.41) is 56.5. The molecule has 1 saturated heterocycles. The zero-order valence-corrected chi connectivity index (χ0v) is 30.3. The summed E-state index contributed by atoms with van der Waals surface area (Å²) < 4.78 is 118. The van der Waals surface area contributed by atoms with E-state index in [4.69, 9.17) is 8.74 Å². The third kappa shape index (κ3) is 8.94. The van der Waals surface area contributed by atoms with Crippen molar-refractivity contribution in [3.8, 4) is 17.2 Å².